The summed E-state index contributed by atoms with van der Waals surface area (Å²) in [5, 5.41) is 12.0. The third kappa shape index (κ3) is 7.66. The number of aliphatic carboxylic acids is 1. The van der Waals surface area contributed by atoms with Crippen molar-refractivity contribution in [2.75, 3.05) is 26.3 Å². The lowest BCUT2D eigenvalue weighted by Gasteiger charge is -2.42. The van der Waals surface area contributed by atoms with Gasteiger partial charge in [-0.05, 0) is 31.9 Å². The molecule has 0 aliphatic carbocycles. The van der Waals surface area contributed by atoms with Crippen molar-refractivity contribution in [1.82, 2.24) is 24.6 Å². The number of benzene rings is 1. The fourth-order valence-electron chi connectivity index (χ4n) is 4.32. The number of ether oxygens (including phenoxy) is 3. The van der Waals surface area contributed by atoms with Crippen molar-refractivity contribution in [3.8, 4) is 11.5 Å². The predicted molar refractivity (Wildman–Crippen MR) is 128 cm³/mol. The maximum absolute atomic E-state index is 12.7. The van der Waals surface area contributed by atoms with E-state index in [0.717, 1.165) is 12.8 Å². The monoisotopic (exact) mass is 593 g/mol. The second-order valence-corrected chi connectivity index (χ2v) is 9.32. The number of nitrogens with one attached hydrogen (secondary N) is 1. The molecule has 0 bridgehead atoms. The number of aromatic nitrogens is 4. The number of likely N-dealkylation sites (tertiary alicyclic amines) is 1. The quantitative estimate of drug-likeness (QED) is 0.410. The van der Waals surface area contributed by atoms with E-state index < -0.39 is 18.5 Å². The molecule has 1 atom stereocenters. The first-order chi connectivity index (χ1) is 19.2. The molecule has 0 amide bonds. The Morgan fingerprint density at radius 3 is 2.39 bits per heavy atom. The molecule has 4 heterocycles. The van der Waals surface area contributed by atoms with Crippen molar-refractivity contribution in [2.45, 2.75) is 50.5 Å². The van der Waals surface area contributed by atoms with E-state index in [4.69, 9.17) is 24.4 Å². The highest BCUT2D eigenvalue weighted by Crippen LogP contribution is 2.30. The first kappa shape index (κ1) is 30.1. The van der Waals surface area contributed by atoms with Gasteiger partial charge in [0.2, 0.25) is 0 Å². The van der Waals surface area contributed by atoms with E-state index in [9.17, 15) is 31.1 Å². The summed E-state index contributed by atoms with van der Waals surface area (Å²) in [4.78, 5) is 31.2. The number of rotatable bonds is 6. The number of halogens is 6. The minimum atomic E-state index is -5.08. The maximum atomic E-state index is 12.7. The highest BCUT2D eigenvalue weighted by atomic mass is 19.4. The predicted octanol–water partition coefficient (Wildman–Crippen LogP) is 3.83. The van der Waals surface area contributed by atoms with E-state index in [1.54, 1.807) is 12.3 Å². The minimum Gasteiger partial charge on any atom is -0.488 e. The van der Waals surface area contributed by atoms with Crippen molar-refractivity contribution < 1.29 is 50.5 Å². The summed E-state index contributed by atoms with van der Waals surface area (Å²) < 4.78 is 86.0. The summed E-state index contributed by atoms with van der Waals surface area (Å²) in [6.45, 7) is 4.31. The van der Waals surface area contributed by atoms with Crippen molar-refractivity contribution in [1.29, 1.82) is 0 Å². The number of hydrogen-bond donors (Lipinski definition) is 2. The van der Waals surface area contributed by atoms with Gasteiger partial charge in [0.25, 0.3) is 5.56 Å². The Labute approximate surface area is 227 Å². The fourth-order valence-corrected chi connectivity index (χ4v) is 4.32. The zero-order chi connectivity index (χ0) is 29.9. The van der Waals surface area contributed by atoms with Crippen LogP contribution in [-0.2, 0) is 9.53 Å². The van der Waals surface area contributed by atoms with Crippen LogP contribution in [0.3, 0.4) is 0 Å². The lowest BCUT2D eigenvalue weighted by Crippen LogP contribution is -2.54. The molecule has 41 heavy (non-hydrogen) atoms. The first-order valence-electron chi connectivity index (χ1n) is 12.3. The second-order valence-electron chi connectivity index (χ2n) is 9.32. The summed E-state index contributed by atoms with van der Waals surface area (Å²) in [6.07, 6.45) is -6.86. The molecule has 0 saturated carbocycles. The van der Waals surface area contributed by atoms with Gasteiger partial charge in [0.05, 0.1) is 18.3 Å². The number of fused-ring (bicyclic) bond motifs is 1. The second kappa shape index (κ2) is 11.9. The summed E-state index contributed by atoms with van der Waals surface area (Å²) in [6, 6.07) is 5.42. The molecule has 11 nitrogen and oxygen atoms in total. The van der Waals surface area contributed by atoms with Gasteiger partial charge in [0.15, 0.2) is 5.65 Å². The number of carboxylic acids is 1. The van der Waals surface area contributed by atoms with Gasteiger partial charge < -0.3 is 24.3 Å². The Bertz CT molecular complexity index is 1410. The maximum Gasteiger partial charge on any atom is 0.573 e. The van der Waals surface area contributed by atoms with Gasteiger partial charge in [-0.1, -0.05) is 6.07 Å². The molecular formula is C24H25F6N5O6. The number of hydrogen-bond acceptors (Lipinski definition) is 8. The van der Waals surface area contributed by atoms with Gasteiger partial charge in [0.1, 0.15) is 28.8 Å². The minimum absolute atomic E-state index is 0.141. The van der Waals surface area contributed by atoms with E-state index in [-0.39, 0.29) is 29.5 Å². The van der Waals surface area contributed by atoms with E-state index in [2.05, 4.69) is 19.7 Å². The number of carbonyl (C=O) groups is 1. The van der Waals surface area contributed by atoms with Crippen LogP contribution in [0, 0.1) is 0 Å². The molecular weight excluding hydrogens is 568 g/mol. The van der Waals surface area contributed by atoms with E-state index in [0.29, 0.717) is 48.9 Å². The zero-order valence-corrected chi connectivity index (χ0v) is 21.4. The van der Waals surface area contributed by atoms with Crippen molar-refractivity contribution in [3.05, 3.63) is 46.6 Å². The topological polar surface area (TPSA) is 132 Å². The smallest absolute Gasteiger partial charge is 0.488 e. The molecule has 2 aliphatic rings. The van der Waals surface area contributed by atoms with Gasteiger partial charge in [-0.3, -0.25) is 9.69 Å². The molecule has 1 unspecified atom stereocenters. The standard InChI is InChI=1S/C22H24F3N5O4.C2HF3O2/c1-13(29-11-17(12-29)33-15-3-2-4-16(9-15)34-22(23,24)25)19-27-20-18(21(31)28-19)10-26-30(20)14-5-7-32-8-6-14;3-2(4,5)1(6)7/h2-4,9-10,13-14,17H,5-8,11-12H2,1H3,(H,27,28,31);(H,6,7). The third-order valence-corrected chi connectivity index (χ3v) is 6.42. The van der Waals surface area contributed by atoms with Gasteiger partial charge in [-0.25, -0.2) is 14.5 Å². The molecule has 2 aliphatic heterocycles. The van der Waals surface area contributed by atoms with Crippen molar-refractivity contribution >= 4 is 17.0 Å². The van der Waals surface area contributed by atoms with Gasteiger partial charge in [-0.2, -0.15) is 18.3 Å². The zero-order valence-electron chi connectivity index (χ0n) is 21.4. The SMILES string of the molecule is CC(c1nc2c(cnn2C2CCOCC2)c(=O)[nH]1)N1CC(Oc2cccc(OC(F)(F)F)c2)C1.O=C(O)C(F)(F)F. The summed E-state index contributed by atoms with van der Waals surface area (Å²) in [7, 11) is 0. The van der Waals surface area contributed by atoms with Crippen LogP contribution in [0.15, 0.2) is 35.3 Å². The Morgan fingerprint density at radius 1 is 1.15 bits per heavy atom. The Hall–Kier alpha value is -3.86. The van der Waals surface area contributed by atoms with Crippen LogP contribution in [0.25, 0.3) is 11.0 Å². The van der Waals surface area contributed by atoms with Gasteiger partial charge in [-0.15, -0.1) is 13.2 Å². The number of carboxylic acid groups (broad SMARTS) is 1. The molecule has 224 valence electrons. The lowest BCUT2D eigenvalue weighted by molar-refractivity contribution is -0.274. The Balaban J connectivity index is 0.000000493. The highest BCUT2D eigenvalue weighted by molar-refractivity contribution is 5.73. The lowest BCUT2D eigenvalue weighted by atomic mass is 10.1. The first-order valence-corrected chi connectivity index (χ1v) is 12.3. The molecule has 5 rings (SSSR count). The van der Waals surface area contributed by atoms with Crippen molar-refractivity contribution in [2.24, 2.45) is 0 Å². The summed E-state index contributed by atoms with van der Waals surface area (Å²) >= 11 is 0. The van der Waals surface area contributed by atoms with E-state index in [1.807, 2.05) is 11.6 Å². The molecule has 2 aromatic heterocycles. The average Bonchev–Trinajstić information content (AvgIpc) is 3.30. The molecule has 0 radical (unpaired) electrons. The van der Waals surface area contributed by atoms with E-state index in [1.165, 1.54) is 18.2 Å². The van der Waals surface area contributed by atoms with Crippen LogP contribution >= 0.6 is 0 Å². The highest BCUT2D eigenvalue weighted by Gasteiger charge is 2.38. The summed E-state index contributed by atoms with van der Waals surface area (Å²) in [5.74, 6) is -2.25. The average molecular weight is 593 g/mol. The number of aromatic amines is 1. The molecule has 0 spiro atoms. The fraction of sp³-hybridized carbons (Fsp3) is 0.500. The molecule has 3 aromatic rings. The van der Waals surface area contributed by atoms with E-state index >= 15 is 0 Å². The number of H-pyrrole nitrogens is 1. The molecule has 2 saturated heterocycles. The third-order valence-electron chi connectivity index (χ3n) is 6.42. The molecule has 17 heteroatoms. The largest absolute Gasteiger partial charge is 0.573 e. The van der Waals surface area contributed by atoms with Crippen LogP contribution in [0.4, 0.5) is 26.3 Å². The normalized spacial score (nSPS) is 17.8. The number of alkyl halides is 6. The molecule has 2 N–H and O–H groups in total. The Kier molecular flexibility index (Phi) is 8.77. The van der Waals surface area contributed by atoms with Crippen LogP contribution in [0.1, 0.15) is 37.7 Å². The van der Waals surface area contributed by atoms with Crippen LogP contribution < -0.4 is 15.0 Å². The van der Waals surface area contributed by atoms with Crippen molar-refractivity contribution in [3.63, 3.8) is 0 Å². The molecule has 2 fully saturated rings. The van der Waals surface area contributed by atoms with Gasteiger partial charge in [0, 0.05) is 32.4 Å². The summed E-state index contributed by atoms with van der Waals surface area (Å²) in [5.41, 5.74) is 0.326. The van der Waals surface area contributed by atoms with Crippen LogP contribution in [0.5, 0.6) is 11.5 Å². The van der Waals surface area contributed by atoms with Gasteiger partial charge >= 0.3 is 18.5 Å². The Morgan fingerprint density at radius 2 is 1.78 bits per heavy atom. The molecule has 1 aromatic carbocycles. The van der Waals surface area contributed by atoms with Crippen LogP contribution in [0.2, 0.25) is 0 Å². The van der Waals surface area contributed by atoms with Crippen LogP contribution in [-0.4, -0.2) is 80.7 Å². The number of nitrogens with zero attached hydrogens (tertiary/aromatic N) is 4.